The van der Waals surface area contributed by atoms with E-state index in [1.165, 1.54) is 6.07 Å². The van der Waals surface area contributed by atoms with Gasteiger partial charge in [-0.15, -0.1) is 0 Å². The van der Waals surface area contributed by atoms with E-state index in [-0.39, 0.29) is 22.9 Å². The van der Waals surface area contributed by atoms with Crippen molar-refractivity contribution in [3.8, 4) is 0 Å². The molecule has 1 saturated heterocycles. The van der Waals surface area contributed by atoms with Crippen LogP contribution in [0.5, 0.6) is 0 Å². The zero-order valence-electron chi connectivity index (χ0n) is 21.2. The molecule has 0 amide bonds. The zero-order valence-corrected chi connectivity index (χ0v) is 21.2. The molecule has 5 heteroatoms. The summed E-state index contributed by atoms with van der Waals surface area (Å²) in [5, 5.41) is 0. The Morgan fingerprint density at radius 1 is 0.821 bits per heavy atom. The van der Waals surface area contributed by atoms with Gasteiger partial charge >= 0.3 is 0 Å². The molecule has 0 N–H and O–H groups in total. The smallest absolute Gasteiger partial charge is 0.185 e. The summed E-state index contributed by atoms with van der Waals surface area (Å²) in [6, 6.07) is 26.0. The van der Waals surface area contributed by atoms with Crippen LogP contribution in [0.25, 0.3) is 6.08 Å². The maximum atomic E-state index is 15.8. The average molecular weight is 514 g/mol. The molecule has 0 saturated carbocycles. The number of hydrogen-bond acceptors (Lipinski definition) is 4. The molecule has 7 rings (SSSR count). The van der Waals surface area contributed by atoms with Gasteiger partial charge < -0.3 is 4.90 Å². The number of carbonyl (C=O) groups excluding carboxylic acids is 3. The lowest BCUT2D eigenvalue weighted by atomic mass is 9.64. The van der Waals surface area contributed by atoms with Gasteiger partial charge in [0.25, 0.3) is 0 Å². The van der Waals surface area contributed by atoms with Crippen molar-refractivity contribution in [3.63, 3.8) is 0 Å². The van der Waals surface area contributed by atoms with Crippen molar-refractivity contribution in [2.75, 3.05) is 4.90 Å². The normalized spacial score (nSPS) is 22.1. The summed E-state index contributed by atoms with van der Waals surface area (Å²) >= 11 is 0. The van der Waals surface area contributed by atoms with E-state index < -0.39 is 29.2 Å². The Morgan fingerprint density at radius 3 is 2.15 bits per heavy atom. The van der Waals surface area contributed by atoms with Gasteiger partial charge in [-0.25, -0.2) is 4.39 Å². The Hall–Kier alpha value is -4.64. The minimum absolute atomic E-state index is 0.193. The van der Waals surface area contributed by atoms with E-state index in [0.717, 1.165) is 16.8 Å². The van der Waals surface area contributed by atoms with E-state index in [9.17, 15) is 14.4 Å². The van der Waals surface area contributed by atoms with Crippen molar-refractivity contribution in [3.05, 3.63) is 142 Å². The summed E-state index contributed by atoms with van der Waals surface area (Å²) < 4.78 is 15.8. The maximum Gasteiger partial charge on any atom is 0.185 e. The molecule has 4 aromatic carbocycles. The minimum atomic E-state index is -1.71. The number of benzene rings is 4. The molecular formula is C34H24FNO3. The predicted molar refractivity (Wildman–Crippen MR) is 148 cm³/mol. The molecule has 3 unspecified atom stereocenters. The Bertz CT molecular complexity index is 1690. The fraction of sp³-hybridized carbons (Fsp3) is 0.147. The molecule has 0 aromatic heterocycles. The van der Waals surface area contributed by atoms with Crippen LogP contribution in [0.4, 0.5) is 10.1 Å². The van der Waals surface area contributed by atoms with E-state index in [1.807, 2.05) is 48.2 Å². The van der Waals surface area contributed by atoms with Gasteiger partial charge in [-0.3, -0.25) is 14.4 Å². The molecule has 2 aliphatic heterocycles. The number of carbonyl (C=O) groups is 3. The fourth-order valence-electron chi connectivity index (χ4n) is 6.92. The SMILES string of the molecule is Cc1ccc2c(c1)N1C(C(=O)c3ccccc3)C(c3ccccc3F)C3(C(=O)c4ccccc4C3=O)C1C=C2. The van der Waals surface area contributed by atoms with E-state index >= 15 is 4.39 Å². The number of hydrogen-bond donors (Lipinski definition) is 0. The molecular weight excluding hydrogens is 489 g/mol. The molecule has 1 aliphatic carbocycles. The lowest BCUT2D eigenvalue weighted by Gasteiger charge is -2.37. The van der Waals surface area contributed by atoms with E-state index in [0.29, 0.717) is 16.7 Å². The molecule has 4 aromatic rings. The van der Waals surface area contributed by atoms with Crippen molar-refractivity contribution >= 4 is 29.1 Å². The van der Waals surface area contributed by atoms with Crippen LogP contribution >= 0.6 is 0 Å². The Kier molecular flexibility index (Phi) is 5.08. The fourth-order valence-corrected chi connectivity index (χ4v) is 6.92. The second-order valence-corrected chi connectivity index (χ2v) is 10.5. The van der Waals surface area contributed by atoms with Gasteiger partial charge in [0.15, 0.2) is 17.3 Å². The monoisotopic (exact) mass is 513 g/mol. The van der Waals surface area contributed by atoms with E-state index in [4.69, 9.17) is 0 Å². The first-order chi connectivity index (χ1) is 18.9. The third kappa shape index (κ3) is 3.07. The van der Waals surface area contributed by atoms with Gasteiger partial charge in [-0.1, -0.05) is 97.1 Å². The molecule has 0 radical (unpaired) electrons. The summed E-state index contributed by atoms with van der Waals surface area (Å²) in [4.78, 5) is 45.5. The van der Waals surface area contributed by atoms with Crippen molar-refractivity contribution in [2.24, 2.45) is 5.41 Å². The molecule has 1 fully saturated rings. The number of halogens is 1. The van der Waals surface area contributed by atoms with Crippen molar-refractivity contribution in [1.82, 2.24) is 0 Å². The first kappa shape index (κ1) is 23.5. The van der Waals surface area contributed by atoms with Crippen LogP contribution in [0, 0.1) is 18.2 Å². The number of anilines is 1. The molecule has 4 nitrogen and oxygen atoms in total. The maximum absolute atomic E-state index is 15.8. The summed E-state index contributed by atoms with van der Waals surface area (Å²) in [5.74, 6) is -2.59. The first-order valence-corrected chi connectivity index (χ1v) is 13.0. The van der Waals surface area contributed by atoms with Crippen LogP contribution in [0.15, 0.2) is 103 Å². The topological polar surface area (TPSA) is 54.5 Å². The first-order valence-electron chi connectivity index (χ1n) is 13.0. The predicted octanol–water partition coefficient (Wildman–Crippen LogP) is 6.45. The number of nitrogens with zero attached hydrogens (tertiary/aromatic N) is 1. The van der Waals surface area contributed by atoms with Crippen LogP contribution in [-0.2, 0) is 0 Å². The quantitative estimate of drug-likeness (QED) is 0.233. The third-order valence-corrected chi connectivity index (χ3v) is 8.53. The highest BCUT2D eigenvalue weighted by Crippen LogP contribution is 2.61. The highest BCUT2D eigenvalue weighted by molar-refractivity contribution is 6.32. The number of Topliss-reactive ketones (excluding diaryl/α,β-unsaturated/α-hetero) is 3. The van der Waals surface area contributed by atoms with Gasteiger partial charge in [-0.05, 0) is 35.7 Å². The van der Waals surface area contributed by atoms with Gasteiger partial charge in [0.2, 0.25) is 0 Å². The highest BCUT2D eigenvalue weighted by Gasteiger charge is 2.71. The second-order valence-electron chi connectivity index (χ2n) is 10.5. The molecule has 190 valence electrons. The Labute approximate surface area is 225 Å². The van der Waals surface area contributed by atoms with Gasteiger partial charge in [-0.2, -0.15) is 0 Å². The number of ketones is 3. The summed E-state index contributed by atoms with van der Waals surface area (Å²) in [6.45, 7) is 1.96. The summed E-state index contributed by atoms with van der Waals surface area (Å²) in [6.07, 6.45) is 3.76. The molecule has 3 atom stereocenters. The number of rotatable bonds is 3. The summed E-state index contributed by atoms with van der Waals surface area (Å²) in [5.41, 5.74) is 2.18. The number of fused-ring (bicyclic) bond motifs is 5. The molecule has 0 bridgehead atoms. The van der Waals surface area contributed by atoms with Gasteiger partial charge in [0.1, 0.15) is 17.3 Å². The Morgan fingerprint density at radius 2 is 1.46 bits per heavy atom. The Balaban J connectivity index is 1.58. The number of aryl methyl sites for hydroxylation is 1. The van der Waals surface area contributed by atoms with Crippen molar-refractivity contribution in [1.29, 1.82) is 0 Å². The van der Waals surface area contributed by atoms with E-state index in [2.05, 4.69) is 0 Å². The van der Waals surface area contributed by atoms with Gasteiger partial charge in [0.05, 0.1) is 6.04 Å². The van der Waals surface area contributed by atoms with Crippen LogP contribution in [0.1, 0.15) is 53.7 Å². The minimum Gasteiger partial charge on any atom is -0.352 e. The van der Waals surface area contributed by atoms with E-state index in [1.54, 1.807) is 66.7 Å². The van der Waals surface area contributed by atoms with Crippen LogP contribution < -0.4 is 4.90 Å². The van der Waals surface area contributed by atoms with Crippen LogP contribution in [-0.4, -0.2) is 29.4 Å². The lowest BCUT2D eigenvalue weighted by Crippen LogP contribution is -2.48. The largest absolute Gasteiger partial charge is 0.352 e. The molecule has 1 spiro atoms. The zero-order chi connectivity index (χ0) is 26.9. The summed E-state index contributed by atoms with van der Waals surface area (Å²) in [7, 11) is 0. The molecule has 2 heterocycles. The highest BCUT2D eigenvalue weighted by atomic mass is 19.1. The van der Waals surface area contributed by atoms with Crippen molar-refractivity contribution < 1.29 is 18.8 Å². The molecule has 3 aliphatic rings. The average Bonchev–Trinajstić information content (AvgIpc) is 3.39. The van der Waals surface area contributed by atoms with Gasteiger partial charge in [0, 0.05) is 28.3 Å². The second kappa shape index (κ2) is 8.43. The third-order valence-electron chi connectivity index (χ3n) is 8.53. The standard InChI is InChI=1S/C34H24FNO3/c1-20-15-16-21-17-18-28-34(32(38)23-11-5-6-12-24(23)33(34)39)29(25-13-7-8-14-26(25)35)30(36(28)27(21)19-20)31(37)22-9-3-2-4-10-22/h2-19,28-30H,1H3. The van der Waals surface area contributed by atoms with Crippen LogP contribution in [0.3, 0.4) is 0 Å². The lowest BCUT2D eigenvalue weighted by molar-refractivity contribution is 0.0664. The van der Waals surface area contributed by atoms with Crippen molar-refractivity contribution in [2.45, 2.75) is 24.9 Å². The van der Waals surface area contributed by atoms with Crippen LogP contribution in [0.2, 0.25) is 0 Å². The molecule has 39 heavy (non-hydrogen) atoms.